The van der Waals surface area contributed by atoms with Crippen molar-refractivity contribution in [3.63, 3.8) is 0 Å². The molecule has 0 saturated carbocycles. The van der Waals surface area contributed by atoms with Crippen LogP contribution < -0.4 is 10.2 Å². The first kappa shape index (κ1) is 18.6. The summed E-state index contributed by atoms with van der Waals surface area (Å²) in [6, 6.07) is 15.6. The van der Waals surface area contributed by atoms with E-state index in [0.29, 0.717) is 11.5 Å². The van der Waals surface area contributed by atoms with Crippen LogP contribution in [0.5, 0.6) is 0 Å². The Labute approximate surface area is 173 Å². The monoisotopic (exact) mass is 436 g/mol. The number of carbonyl (C=O) groups is 1. The summed E-state index contributed by atoms with van der Waals surface area (Å²) in [6.45, 7) is 5.95. The summed E-state index contributed by atoms with van der Waals surface area (Å²) in [7, 11) is 0. The number of aryl methyl sites for hydroxylation is 2. The van der Waals surface area contributed by atoms with Crippen LogP contribution in [0.4, 0.5) is 17.3 Å². The van der Waals surface area contributed by atoms with Crippen LogP contribution in [0.25, 0.3) is 0 Å². The Balaban J connectivity index is 1.62. The van der Waals surface area contributed by atoms with Crippen molar-refractivity contribution in [2.24, 2.45) is 0 Å². The number of anilines is 3. The fourth-order valence-corrected chi connectivity index (χ4v) is 4.10. The molecule has 142 valence electrons. The Kier molecular flexibility index (Phi) is 4.89. The van der Waals surface area contributed by atoms with E-state index in [0.717, 1.165) is 33.7 Å². The van der Waals surface area contributed by atoms with Gasteiger partial charge < -0.3 is 10.2 Å². The maximum absolute atomic E-state index is 13.3. The van der Waals surface area contributed by atoms with Crippen LogP contribution in [0.15, 0.2) is 53.0 Å². The van der Waals surface area contributed by atoms with E-state index in [1.165, 1.54) is 5.56 Å². The van der Waals surface area contributed by atoms with Crippen molar-refractivity contribution in [3.8, 4) is 0 Å². The van der Waals surface area contributed by atoms with Gasteiger partial charge >= 0.3 is 0 Å². The van der Waals surface area contributed by atoms with Crippen molar-refractivity contribution >= 4 is 39.2 Å². The number of nitrogens with zero attached hydrogens (tertiary/aromatic N) is 3. The molecule has 1 atom stereocenters. The molecule has 2 aromatic carbocycles. The van der Waals surface area contributed by atoms with E-state index in [1.54, 1.807) is 0 Å². The standard InChI is InChI=1S/C22H21BrN4O/c1-13-9-14(2)25-22(24-13)26-19-6-4-5-16(12-19)21(28)27-15(3)10-17-11-18(23)7-8-20(17)27/h4-9,11-12,15H,10H2,1-3H3,(H,24,25,26)/t15-/m1/s1. The first-order chi connectivity index (χ1) is 13.4. The number of fused-ring (bicyclic) bond motifs is 1. The third-order valence-electron chi connectivity index (χ3n) is 4.82. The van der Waals surface area contributed by atoms with E-state index in [9.17, 15) is 4.79 Å². The maximum atomic E-state index is 13.3. The van der Waals surface area contributed by atoms with Crippen LogP contribution in [0.1, 0.15) is 34.2 Å². The molecule has 1 N–H and O–H groups in total. The molecule has 0 saturated heterocycles. The Hall–Kier alpha value is -2.73. The molecule has 0 fully saturated rings. The predicted octanol–water partition coefficient (Wildman–Crippen LogP) is 5.19. The summed E-state index contributed by atoms with van der Waals surface area (Å²) in [6.07, 6.45) is 0.856. The molecule has 1 aromatic heterocycles. The minimum atomic E-state index is -0.00133. The number of amides is 1. The van der Waals surface area contributed by atoms with Crippen molar-refractivity contribution in [1.82, 2.24) is 9.97 Å². The molecule has 4 rings (SSSR count). The molecule has 3 aromatic rings. The van der Waals surface area contributed by atoms with Gasteiger partial charge in [0.2, 0.25) is 5.95 Å². The molecule has 0 bridgehead atoms. The highest BCUT2D eigenvalue weighted by atomic mass is 79.9. The quantitative estimate of drug-likeness (QED) is 0.613. The van der Waals surface area contributed by atoms with Gasteiger partial charge in [-0.1, -0.05) is 22.0 Å². The number of carbonyl (C=O) groups excluding carboxylic acids is 1. The molecular formula is C22H21BrN4O. The van der Waals surface area contributed by atoms with Crippen LogP contribution in [-0.4, -0.2) is 21.9 Å². The number of rotatable bonds is 3. The van der Waals surface area contributed by atoms with Gasteiger partial charge in [-0.25, -0.2) is 9.97 Å². The smallest absolute Gasteiger partial charge is 0.258 e. The fourth-order valence-electron chi connectivity index (χ4n) is 3.69. The topological polar surface area (TPSA) is 58.1 Å². The predicted molar refractivity (Wildman–Crippen MR) is 115 cm³/mol. The molecule has 28 heavy (non-hydrogen) atoms. The average molecular weight is 437 g/mol. The highest BCUT2D eigenvalue weighted by Gasteiger charge is 2.31. The van der Waals surface area contributed by atoms with Gasteiger partial charge in [0, 0.05) is 38.8 Å². The van der Waals surface area contributed by atoms with Gasteiger partial charge in [-0.3, -0.25) is 4.79 Å². The summed E-state index contributed by atoms with van der Waals surface area (Å²) in [5.41, 5.74) is 5.40. The minimum absolute atomic E-state index is 0.00133. The van der Waals surface area contributed by atoms with Crippen LogP contribution >= 0.6 is 15.9 Å². The largest absolute Gasteiger partial charge is 0.324 e. The summed E-state index contributed by atoms with van der Waals surface area (Å²) >= 11 is 3.51. The van der Waals surface area contributed by atoms with Crippen molar-refractivity contribution < 1.29 is 4.79 Å². The molecule has 0 aliphatic carbocycles. The fraction of sp³-hybridized carbons (Fsp3) is 0.227. The summed E-state index contributed by atoms with van der Waals surface area (Å²) < 4.78 is 1.03. The first-order valence-corrected chi connectivity index (χ1v) is 10.0. The van der Waals surface area contributed by atoms with E-state index >= 15 is 0 Å². The highest BCUT2D eigenvalue weighted by molar-refractivity contribution is 9.10. The van der Waals surface area contributed by atoms with Gasteiger partial charge in [-0.05, 0) is 75.2 Å². The highest BCUT2D eigenvalue weighted by Crippen LogP contribution is 2.35. The maximum Gasteiger partial charge on any atom is 0.258 e. The van der Waals surface area contributed by atoms with E-state index in [2.05, 4.69) is 44.2 Å². The molecule has 1 amide bonds. The normalized spacial score (nSPS) is 15.4. The van der Waals surface area contributed by atoms with Gasteiger partial charge in [0.05, 0.1) is 0 Å². The van der Waals surface area contributed by atoms with Gasteiger partial charge in [-0.15, -0.1) is 0 Å². The molecule has 0 unspecified atom stereocenters. The van der Waals surface area contributed by atoms with Gasteiger partial charge in [0.1, 0.15) is 0 Å². The lowest BCUT2D eigenvalue weighted by atomic mass is 10.1. The molecular weight excluding hydrogens is 416 g/mol. The number of aromatic nitrogens is 2. The van der Waals surface area contributed by atoms with Crippen molar-refractivity contribution in [2.45, 2.75) is 33.2 Å². The van der Waals surface area contributed by atoms with Crippen LogP contribution in [0, 0.1) is 13.8 Å². The molecule has 0 spiro atoms. The zero-order valence-electron chi connectivity index (χ0n) is 16.0. The second-order valence-electron chi connectivity index (χ2n) is 7.18. The Morgan fingerprint density at radius 2 is 1.86 bits per heavy atom. The van der Waals surface area contributed by atoms with Gasteiger partial charge in [0.25, 0.3) is 5.91 Å². The first-order valence-electron chi connectivity index (χ1n) is 9.22. The number of benzene rings is 2. The average Bonchev–Trinajstić information content (AvgIpc) is 2.95. The van der Waals surface area contributed by atoms with E-state index in [-0.39, 0.29) is 11.9 Å². The molecule has 1 aliphatic heterocycles. The molecule has 2 heterocycles. The van der Waals surface area contributed by atoms with E-state index in [1.807, 2.05) is 61.2 Å². The molecule has 6 heteroatoms. The summed E-state index contributed by atoms with van der Waals surface area (Å²) in [5.74, 6) is 0.533. The molecule has 0 radical (unpaired) electrons. The Bertz CT molecular complexity index is 1050. The molecule has 5 nitrogen and oxygen atoms in total. The van der Waals surface area contributed by atoms with Crippen molar-refractivity contribution in [1.29, 1.82) is 0 Å². The summed E-state index contributed by atoms with van der Waals surface area (Å²) in [5, 5.41) is 3.21. The third-order valence-corrected chi connectivity index (χ3v) is 5.32. The number of nitrogens with one attached hydrogen (secondary N) is 1. The second kappa shape index (κ2) is 7.36. The Morgan fingerprint density at radius 3 is 2.61 bits per heavy atom. The van der Waals surface area contributed by atoms with Crippen LogP contribution in [-0.2, 0) is 6.42 Å². The van der Waals surface area contributed by atoms with Crippen LogP contribution in [0.3, 0.4) is 0 Å². The lowest BCUT2D eigenvalue weighted by Gasteiger charge is -2.23. The zero-order chi connectivity index (χ0) is 19.8. The number of halogens is 1. The second-order valence-corrected chi connectivity index (χ2v) is 8.10. The number of hydrogen-bond acceptors (Lipinski definition) is 4. The number of hydrogen-bond donors (Lipinski definition) is 1. The SMILES string of the molecule is Cc1cc(C)nc(Nc2cccc(C(=O)N3c4ccc(Br)cc4C[C@H]3C)c2)n1. The Morgan fingerprint density at radius 1 is 1.11 bits per heavy atom. The van der Waals surface area contributed by atoms with Crippen molar-refractivity contribution in [2.75, 3.05) is 10.2 Å². The lowest BCUT2D eigenvalue weighted by molar-refractivity contribution is 0.0981. The van der Waals surface area contributed by atoms with E-state index in [4.69, 9.17) is 0 Å². The van der Waals surface area contributed by atoms with E-state index < -0.39 is 0 Å². The zero-order valence-corrected chi connectivity index (χ0v) is 17.6. The minimum Gasteiger partial charge on any atom is -0.324 e. The summed E-state index contributed by atoms with van der Waals surface area (Å²) in [4.78, 5) is 24.0. The van der Waals surface area contributed by atoms with Crippen molar-refractivity contribution in [3.05, 3.63) is 75.5 Å². The van der Waals surface area contributed by atoms with Gasteiger partial charge in [0.15, 0.2) is 0 Å². The molecule has 1 aliphatic rings. The lowest BCUT2D eigenvalue weighted by Crippen LogP contribution is -2.35. The third kappa shape index (κ3) is 3.64. The van der Waals surface area contributed by atoms with Gasteiger partial charge in [-0.2, -0.15) is 0 Å². The van der Waals surface area contributed by atoms with Crippen LogP contribution in [0.2, 0.25) is 0 Å².